The van der Waals surface area contributed by atoms with Gasteiger partial charge in [-0.1, -0.05) is 41.4 Å². The zero-order chi connectivity index (χ0) is 14.8. The van der Waals surface area contributed by atoms with Crippen molar-refractivity contribution in [3.63, 3.8) is 0 Å². The smallest absolute Gasteiger partial charge is 0.295 e. The molecule has 3 rings (SSSR count). The predicted molar refractivity (Wildman–Crippen MR) is 83.9 cm³/mol. The number of nitrogens with one attached hydrogen (secondary N) is 1. The van der Waals surface area contributed by atoms with Gasteiger partial charge in [0.2, 0.25) is 0 Å². The molecule has 0 bridgehead atoms. The molecule has 0 aliphatic carbocycles. The van der Waals surface area contributed by atoms with Crippen molar-refractivity contribution in [2.75, 3.05) is 11.9 Å². The van der Waals surface area contributed by atoms with E-state index >= 15 is 0 Å². The summed E-state index contributed by atoms with van der Waals surface area (Å²) in [4.78, 5) is 4.27. The number of halogens is 2. The Morgan fingerprint density at radius 3 is 2.52 bits per heavy atom. The molecule has 108 valence electrons. The Bertz CT molecular complexity index is 720. The number of aromatic nitrogens is 1. The fourth-order valence-corrected chi connectivity index (χ4v) is 2.71. The molecule has 21 heavy (non-hydrogen) atoms. The van der Waals surface area contributed by atoms with E-state index in [0.29, 0.717) is 27.2 Å². The molecule has 0 amide bonds. The Kier molecular flexibility index (Phi) is 4.01. The molecule has 0 fully saturated rings. The summed E-state index contributed by atoms with van der Waals surface area (Å²) in [6.45, 7) is 0.191. The number of aliphatic hydroxyl groups excluding tert-OH is 1. The molecule has 0 aliphatic heterocycles. The number of anilines is 1. The molecule has 2 N–H and O–H groups in total. The van der Waals surface area contributed by atoms with Gasteiger partial charge in [0.05, 0.1) is 6.10 Å². The van der Waals surface area contributed by atoms with Gasteiger partial charge in [-0.25, -0.2) is 0 Å². The van der Waals surface area contributed by atoms with Crippen molar-refractivity contribution in [2.24, 2.45) is 0 Å². The summed E-state index contributed by atoms with van der Waals surface area (Å²) in [6.07, 6.45) is -0.860. The highest BCUT2D eigenvalue weighted by Crippen LogP contribution is 2.30. The Morgan fingerprint density at radius 1 is 1.10 bits per heavy atom. The van der Waals surface area contributed by atoms with Crippen LogP contribution in [-0.2, 0) is 0 Å². The van der Waals surface area contributed by atoms with Gasteiger partial charge in [-0.2, -0.15) is 4.98 Å². The Balaban J connectivity index is 1.75. The van der Waals surface area contributed by atoms with Crippen molar-refractivity contribution in [1.82, 2.24) is 4.98 Å². The van der Waals surface area contributed by atoms with Gasteiger partial charge in [0.25, 0.3) is 6.01 Å². The third-order valence-electron chi connectivity index (χ3n) is 3.07. The lowest BCUT2D eigenvalue weighted by atomic mass is 10.1. The first kappa shape index (κ1) is 14.2. The summed E-state index contributed by atoms with van der Waals surface area (Å²) in [5.41, 5.74) is 1.93. The molecule has 0 saturated heterocycles. The summed E-state index contributed by atoms with van der Waals surface area (Å²) in [5.74, 6) is 0. The second kappa shape index (κ2) is 5.93. The first-order chi connectivity index (χ1) is 10.1. The molecule has 1 unspecified atom stereocenters. The van der Waals surface area contributed by atoms with Gasteiger partial charge in [-0.05, 0) is 24.3 Å². The van der Waals surface area contributed by atoms with Gasteiger partial charge in [0, 0.05) is 22.2 Å². The van der Waals surface area contributed by atoms with E-state index in [1.807, 2.05) is 24.3 Å². The van der Waals surface area contributed by atoms with E-state index in [1.165, 1.54) is 0 Å². The van der Waals surface area contributed by atoms with Gasteiger partial charge < -0.3 is 14.8 Å². The molecule has 0 aliphatic rings. The number of hydrogen-bond acceptors (Lipinski definition) is 4. The van der Waals surface area contributed by atoms with Crippen molar-refractivity contribution in [3.05, 3.63) is 58.1 Å². The lowest BCUT2D eigenvalue weighted by molar-refractivity contribution is 0.191. The topological polar surface area (TPSA) is 58.3 Å². The van der Waals surface area contributed by atoms with Gasteiger partial charge in [-0.15, -0.1) is 0 Å². The average Bonchev–Trinajstić information content (AvgIpc) is 2.87. The molecule has 4 nitrogen and oxygen atoms in total. The number of aliphatic hydroxyl groups is 1. The molecule has 1 aromatic heterocycles. The summed E-state index contributed by atoms with van der Waals surface area (Å²) in [6, 6.07) is 12.9. The quantitative estimate of drug-likeness (QED) is 0.752. The first-order valence-electron chi connectivity index (χ1n) is 6.36. The zero-order valence-corrected chi connectivity index (χ0v) is 12.4. The largest absolute Gasteiger partial charge is 0.424 e. The van der Waals surface area contributed by atoms with Gasteiger partial charge >= 0.3 is 0 Å². The molecule has 0 radical (unpaired) electrons. The van der Waals surface area contributed by atoms with E-state index in [4.69, 9.17) is 27.6 Å². The van der Waals surface area contributed by atoms with Crippen LogP contribution in [0.4, 0.5) is 6.01 Å². The summed E-state index contributed by atoms with van der Waals surface area (Å²) >= 11 is 12.1. The number of nitrogens with zero attached hydrogens (tertiary/aromatic N) is 1. The number of oxazole rings is 1. The normalized spacial score (nSPS) is 12.5. The van der Waals surface area contributed by atoms with Crippen molar-refractivity contribution in [2.45, 2.75) is 6.10 Å². The van der Waals surface area contributed by atoms with Crippen LogP contribution in [0.5, 0.6) is 0 Å². The molecule has 1 atom stereocenters. The second-order valence-electron chi connectivity index (χ2n) is 4.52. The lowest BCUT2D eigenvalue weighted by Gasteiger charge is -2.14. The zero-order valence-electron chi connectivity index (χ0n) is 10.9. The lowest BCUT2D eigenvalue weighted by Crippen LogP contribution is -2.13. The predicted octanol–water partition coefficient (Wildman–Crippen LogP) is 4.28. The van der Waals surface area contributed by atoms with Crippen molar-refractivity contribution >= 4 is 40.3 Å². The summed E-state index contributed by atoms with van der Waals surface area (Å²) in [5, 5.41) is 14.0. The third kappa shape index (κ3) is 2.97. The van der Waals surface area contributed by atoms with E-state index in [-0.39, 0.29) is 6.54 Å². The van der Waals surface area contributed by atoms with E-state index < -0.39 is 6.10 Å². The van der Waals surface area contributed by atoms with E-state index in [2.05, 4.69) is 10.3 Å². The molecule has 0 saturated carbocycles. The molecular weight excluding hydrogens is 311 g/mol. The Labute approximate surface area is 131 Å². The Hall–Kier alpha value is -1.75. The average molecular weight is 323 g/mol. The van der Waals surface area contributed by atoms with Crippen LogP contribution < -0.4 is 5.32 Å². The second-order valence-corrected chi connectivity index (χ2v) is 5.33. The van der Waals surface area contributed by atoms with Crippen LogP contribution in [0.25, 0.3) is 11.1 Å². The van der Waals surface area contributed by atoms with E-state index in [0.717, 1.165) is 5.52 Å². The van der Waals surface area contributed by atoms with Crippen LogP contribution >= 0.6 is 23.2 Å². The van der Waals surface area contributed by atoms with Gasteiger partial charge in [0.15, 0.2) is 5.58 Å². The highest BCUT2D eigenvalue weighted by molar-refractivity contribution is 6.36. The van der Waals surface area contributed by atoms with Crippen LogP contribution in [0.15, 0.2) is 46.9 Å². The highest BCUT2D eigenvalue weighted by Gasteiger charge is 2.16. The third-order valence-corrected chi connectivity index (χ3v) is 3.73. The maximum atomic E-state index is 10.2. The van der Waals surface area contributed by atoms with Crippen LogP contribution in [0.2, 0.25) is 10.0 Å². The minimum absolute atomic E-state index is 0.191. The van der Waals surface area contributed by atoms with E-state index in [9.17, 15) is 5.11 Å². The number of para-hydroxylation sites is 2. The number of hydrogen-bond donors (Lipinski definition) is 2. The molecule has 6 heteroatoms. The van der Waals surface area contributed by atoms with Crippen LogP contribution in [0.3, 0.4) is 0 Å². The van der Waals surface area contributed by atoms with Crippen molar-refractivity contribution in [1.29, 1.82) is 0 Å². The van der Waals surface area contributed by atoms with Crippen LogP contribution in [0.1, 0.15) is 11.7 Å². The molecule has 1 heterocycles. The maximum absolute atomic E-state index is 10.2. The van der Waals surface area contributed by atoms with Crippen molar-refractivity contribution in [3.8, 4) is 0 Å². The van der Waals surface area contributed by atoms with E-state index in [1.54, 1.807) is 18.2 Å². The fourth-order valence-electron chi connectivity index (χ4n) is 2.06. The maximum Gasteiger partial charge on any atom is 0.295 e. The standard InChI is InChI=1S/C15H12Cl2N2O2/c16-9-4-3-5-10(17)14(9)12(20)8-18-15-19-11-6-1-2-7-13(11)21-15/h1-7,12,20H,8H2,(H,18,19). The minimum Gasteiger partial charge on any atom is -0.424 e. The fraction of sp³-hybridized carbons (Fsp3) is 0.133. The summed E-state index contributed by atoms with van der Waals surface area (Å²) in [7, 11) is 0. The first-order valence-corrected chi connectivity index (χ1v) is 7.12. The molecular formula is C15H12Cl2N2O2. The Morgan fingerprint density at radius 2 is 1.81 bits per heavy atom. The molecule has 2 aromatic carbocycles. The SMILES string of the molecule is OC(CNc1nc2ccccc2o1)c1c(Cl)cccc1Cl. The molecule has 0 spiro atoms. The van der Waals surface area contributed by atoms with Gasteiger partial charge in [-0.3, -0.25) is 0 Å². The van der Waals surface area contributed by atoms with Crippen LogP contribution in [-0.4, -0.2) is 16.6 Å². The molecule has 3 aromatic rings. The number of benzene rings is 2. The van der Waals surface area contributed by atoms with Crippen LogP contribution in [0, 0.1) is 0 Å². The highest BCUT2D eigenvalue weighted by atomic mass is 35.5. The summed E-state index contributed by atoms with van der Waals surface area (Å²) < 4.78 is 5.52. The minimum atomic E-state index is -0.860. The number of rotatable bonds is 4. The van der Waals surface area contributed by atoms with Gasteiger partial charge in [0.1, 0.15) is 5.52 Å². The van der Waals surface area contributed by atoms with Crippen molar-refractivity contribution < 1.29 is 9.52 Å². The monoisotopic (exact) mass is 322 g/mol. The number of fused-ring (bicyclic) bond motifs is 1.